The van der Waals surface area contributed by atoms with Crippen molar-refractivity contribution in [3.05, 3.63) is 30.3 Å². The summed E-state index contributed by atoms with van der Waals surface area (Å²) in [6.07, 6.45) is 5.00. The highest BCUT2D eigenvalue weighted by molar-refractivity contribution is 5.50. The molecule has 4 heteroatoms. The normalized spacial score (nSPS) is 32.5. The zero-order valence-electron chi connectivity index (χ0n) is 13.1. The van der Waals surface area contributed by atoms with Gasteiger partial charge in [-0.1, -0.05) is 18.2 Å². The topological polar surface area (TPSA) is 45.5 Å². The van der Waals surface area contributed by atoms with Crippen LogP contribution in [0.5, 0.6) is 0 Å². The first-order valence-corrected chi connectivity index (χ1v) is 8.28. The molecule has 0 amide bonds. The van der Waals surface area contributed by atoms with E-state index >= 15 is 0 Å². The van der Waals surface area contributed by atoms with Crippen LogP contribution in [0.3, 0.4) is 0 Å². The van der Waals surface area contributed by atoms with Crippen molar-refractivity contribution in [2.24, 2.45) is 0 Å². The largest absolute Gasteiger partial charge is 0.353 e. The van der Waals surface area contributed by atoms with Gasteiger partial charge < -0.3 is 14.4 Å². The Kier molecular flexibility index (Phi) is 4.97. The highest BCUT2D eigenvalue weighted by Crippen LogP contribution is 2.31. The number of benzene rings is 1. The summed E-state index contributed by atoms with van der Waals surface area (Å²) in [6, 6.07) is 12.8. The molecule has 2 saturated heterocycles. The monoisotopic (exact) mass is 300 g/mol. The maximum Gasteiger partial charge on any atom is 0.157 e. The van der Waals surface area contributed by atoms with E-state index in [0.29, 0.717) is 0 Å². The summed E-state index contributed by atoms with van der Waals surface area (Å²) >= 11 is 0. The summed E-state index contributed by atoms with van der Waals surface area (Å²) < 4.78 is 11.8. The van der Waals surface area contributed by atoms with Crippen molar-refractivity contribution in [2.75, 3.05) is 11.5 Å². The molecule has 0 N–H and O–H groups in total. The quantitative estimate of drug-likeness (QED) is 0.857. The standard InChI is InChI=1S/C18H24N2O2/c1-14-11-17(22-18-9-5-6-10-21-18)12-16(13-19)20(14)15-7-3-2-4-8-15/h2-4,7-8,14,16-18H,5-6,9-12H2,1H3/t14-,16?,17+,18?/m1/s1. The number of nitriles is 1. The molecule has 4 nitrogen and oxygen atoms in total. The fraction of sp³-hybridized carbons (Fsp3) is 0.611. The van der Waals surface area contributed by atoms with Gasteiger partial charge in [-0.25, -0.2) is 0 Å². The van der Waals surface area contributed by atoms with Crippen molar-refractivity contribution in [1.29, 1.82) is 5.26 Å². The van der Waals surface area contributed by atoms with Crippen LogP contribution in [-0.2, 0) is 9.47 Å². The molecule has 0 radical (unpaired) electrons. The number of para-hydroxylation sites is 1. The van der Waals surface area contributed by atoms with Gasteiger partial charge in [0.1, 0.15) is 6.04 Å². The van der Waals surface area contributed by atoms with E-state index in [0.717, 1.165) is 38.0 Å². The fourth-order valence-electron chi connectivity index (χ4n) is 3.55. The molecule has 3 rings (SSSR count). The van der Waals surface area contributed by atoms with Crippen LogP contribution in [-0.4, -0.2) is 31.1 Å². The Hall–Kier alpha value is -1.57. The lowest BCUT2D eigenvalue weighted by Gasteiger charge is -2.43. The molecule has 0 aromatic heterocycles. The second kappa shape index (κ2) is 7.13. The second-order valence-corrected chi connectivity index (χ2v) is 6.26. The summed E-state index contributed by atoms with van der Waals surface area (Å²) in [5, 5.41) is 9.59. The first-order chi connectivity index (χ1) is 10.8. The van der Waals surface area contributed by atoms with Crippen molar-refractivity contribution < 1.29 is 9.47 Å². The van der Waals surface area contributed by atoms with Gasteiger partial charge >= 0.3 is 0 Å². The molecule has 0 aliphatic carbocycles. The van der Waals surface area contributed by atoms with Gasteiger partial charge in [-0.15, -0.1) is 0 Å². The van der Waals surface area contributed by atoms with Gasteiger partial charge in [0.2, 0.25) is 0 Å². The Morgan fingerprint density at radius 2 is 2.05 bits per heavy atom. The molecule has 0 bridgehead atoms. The number of rotatable bonds is 3. The Morgan fingerprint density at radius 1 is 1.23 bits per heavy atom. The Balaban J connectivity index is 1.67. The minimum absolute atomic E-state index is 0.0754. The number of ether oxygens (including phenoxy) is 2. The Labute approximate surface area is 132 Å². The van der Waals surface area contributed by atoms with Crippen LogP contribution in [0, 0.1) is 11.3 Å². The molecule has 4 atom stereocenters. The van der Waals surface area contributed by atoms with Gasteiger partial charge in [-0.3, -0.25) is 0 Å². The highest BCUT2D eigenvalue weighted by Gasteiger charge is 2.35. The molecule has 2 fully saturated rings. The lowest BCUT2D eigenvalue weighted by atomic mass is 9.93. The van der Waals surface area contributed by atoms with E-state index in [4.69, 9.17) is 9.47 Å². The molecule has 2 heterocycles. The molecule has 0 spiro atoms. The van der Waals surface area contributed by atoms with Crippen LogP contribution in [0.2, 0.25) is 0 Å². The van der Waals surface area contributed by atoms with E-state index in [1.807, 2.05) is 18.2 Å². The SMILES string of the molecule is C[C@@H]1C[C@H](OC2CCCCO2)CC(C#N)N1c1ccccc1. The molecule has 118 valence electrons. The maximum absolute atomic E-state index is 9.59. The number of piperidine rings is 1. The molecule has 22 heavy (non-hydrogen) atoms. The molecule has 1 aromatic carbocycles. The van der Waals surface area contributed by atoms with Gasteiger partial charge in [-0.05, 0) is 44.7 Å². The van der Waals surface area contributed by atoms with E-state index in [-0.39, 0.29) is 24.5 Å². The molecular formula is C18H24N2O2. The van der Waals surface area contributed by atoms with Crippen molar-refractivity contribution in [1.82, 2.24) is 0 Å². The van der Waals surface area contributed by atoms with Gasteiger partial charge in [-0.2, -0.15) is 5.26 Å². The van der Waals surface area contributed by atoms with E-state index in [1.54, 1.807) is 0 Å². The van der Waals surface area contributed by atoms with Gasteiger partial charge in [0.25, 0.3) is 0 Å². The number of hydrogen-bond donors (Lipinski definition) is 0. The fourth-order valence-corrected chi connectivity index (χ4v) is 3.55. The first-order valence-electron chi connectivity index (χ1n) is 8.28. The second-order valence-electron chi connectivity index (χ2n) is 6.26. The first kappa shape index (κ1) is 15.3. The average Bonchev–Trinajstić information content (AvgIpc) is 2.56. The molecule has 2 unspecified atom stereocenters. The average molecular weight is 300 g/mol. The maximum atomic E-state index is 9.59. The third kappa shape index (κ3) is 3.43. The summed E-state index contributed by atoms with van der Waals surface area (Å²) in [7, 11) is 0. The van der Waals surface area contributed by atoms with Crippen LogP contribution in [0.1, 0.15) is 39.0 Å². The van der Waals surface area contributed by atoms with Crippen LogP contribution in [0.15, 0.2) is 30.3 Å². The summed E-state index contributed by atoms with van der Waals surface area (Å²) in [5.41, 5.74) is 1.12. The van der Waals surface area contributed by atoms with Gasteiger partial charge in [0, 0.05) is 24.8 Å². The minimum Gasteiger partial charge on any atom is -0.353 e. The van der Waals surface area contributed by atoms with E-state index in [1.165, 1.54) is 6.42 Å². The lowest BCUT2D eigenvalue weighted by molar-refractivity contribution is -0.193. The van der Waals surface area contributed by atoms with Crippen LogP contribution in [0.25, 0.3) is 0 Å². The molecule has 2 aliphatic rings. The van der Waals surface area contributed by atoms with Gasteiger partial charge in [0.05, 0.1) is 12.2 Å². The predicted octanol–water partition coefficient (Wildman–Crippen LogP) is 3.48. The van der Waals surface area contributed by atoms with E-state index in [9.17, 15) is 5.26 Å². The lowest BCUT2D eigenvalue weighted by Crippen LogP contribution is -2.50. The third-order valence-corrected chi connectivity index (χ3v) is 4.59. The zero-order valence-corrected chi connectivity index (χ0v) is 13.1. The summed E-state index contributed by atoms with van der Waals surface area (Å²) in [5.74, 6) is 0. The van der Waals surface area contributed by atoms with Crippen LogP contribution >= 0.6 is 0 Å². The Bertz CT molecular complexity index is 508. The summed E-state index contributed by atoms with van der Waals surface area (Å²) in [4.78, 5) is 2.22. The van der Waals surface area contributed by atoms with Crippen molar-refractivity contribution >= 4 is 5.69 Å². The van der Waals surface area contributed by atoms with E-state index < -0.39 is 0 Å². The molecule has 2 aliphatic heterocycles. The van der Waals surface area contributed by atoms with Crippen LogP contribution in [0.4, 0.5) is 5.69 Å². The van der Waals surface area contributed by atoms with Gasteiger partial charge in [0.15, 0.2) is 6.29 Å². The van der Waals surface area contributed by atoms with Crippen molar-refractivity contribution in [3.8, 4) is 6.07 Å². The van der Waals surface area contributed by atoms with Crippen molar-refractivity contribution in [2.45, 2.75) is 63.5 Å². The smallest absolute Gasteiger partial charge is 0.157 e. The zero-order chi connectivity index (χ0) is 15.4. The predicted molar refractivity (Wildman–Crippen MR) is 85.5 cm³/mol. The molecule has 0 saturated carbocycles. The number of hydrogen-bond acceptors (Lipinski definition) is 4. The summed E-state index contributed by atoms with van der Waals surface area (Å²) in [6.45, 7) is 2.97. The number of anilines is 1. The third-order valence-electron chi connectivity index (χ3n) is 4.59. The minimum atomic E-state index is -0.139. The highest BCUT2D eigenvalue weighted by atomic mass is 16.7. The molecule has 1 aromatic rings. The number of nitrogens with zero attached hydrogens (tertiary/aromatic N) is 2. The van der Waals surface area contributed by atoms with Crippen LogP contribution < -0.4 is 4.90 Å². The Morgan fingerprint density at radius 3 is 2.73 bits per heavy atom. The van der Waals surface area contributed by atoms with E-state index in [2.05, 4.69) is 30.0 Å². The molecular weight excluding hydrogens is 276 g/mol. The van der Waals surface area contributed by atoms with Crippen molar-refractivity contribution in [3.63, 3.8) is 0 Å².